The van der Waals surface area contributed by atoms with Crippen LogP contribution in [-0.4, -0.2) is 61.0 Å². The minimum absolute atomic E-state index is 0.0719. The Bertz CT molecular complexity index is 1590. The summed E-state index contributed by atoms with van der Waals surface area (Å²) in [6.45, 7) is 3.62. The SMILES string of the molecule is CS[C@@]1(NC(=O)C(NC(=O)OCc2ccc([N+](=O)[O-])cc2)c2cccs2)C(=O)N2[C@@H](C(=O)OCc3ccccc3)C(C)(C)S[C@@H]21. The van der Waals surface area contributed by atoms with Gasteiger partial charge in [-0.25, -0.2) is 9.59 Å². The Labute approximate surface area is 271 Å². The zero-order chi connectivity index (χ0) is 32.4. The summed E-state index contributed by atoms with van der Waals surface area (Å²) in [5.41, 5.74) is 1.25. The number of carbonyl (C=O) groups excluding carboxylic acids is 4. The molecule has 0 radical (unpaired) electrons. The molecule has 3 heterocycles. The zero-order valence-corrected chi connectivity index (χ0v) is 26.9. The maximum Gasteiger partial charge on any atom is 0.408 e. The first kappa shape index (κ1) is 32.3. The lowest BCUT2D eigenvalue weighted by molar-refractivity contribution is -0.384. The molecule has 0 bridgehead atoms. The number of nitrogens with one attached hydrogen (secondary N) is 2. The Hall–Kier alpha value is -4.08. The van der Waals surface area contributed by atoms with Crippen LogP contribution in [0.4, 0.5) is 10.5 Å². The number of nitro benzene ring substituents is 1. The molecule has 1 aromatic heterocycles. The van der Waals surface area contributed by atoms with Gasteiger partial charge in [0.15, 0.2) is 4.87 Å². The number of ether oxygens (including phenoxy) is 2. The van der Waals surface area contributed by atoms with Crippen LogP contribution in [0.2, 0.25) is 0 Å². The van der Waals surface area contributed by atoms with Crippen LogP contribution in [0.5, 0.6) is 0 Å². The van der Waals surface area contributed by atoms with Crippen molar-refractivity contribution in [3.8, 4) is 0 Å². The number of thiophene rings is 1. The lowest BCUT2D eigenvalue weighted by atomic mass is 9.95. The van der Waals surface area contributed by atoms with Crippen molar-refractivity contribution in [3.05, 3.63) is 98.2 Å². The molecule has 2 fully saturated rings. The van der Waals surface area contributed by atoms with Crippen molar-refractivity contribution in [1.29, 1.82) is 0 Å². The molecule has 3 aromatic rings. The second-order valence-electron chi connectivity index (χ2n) is 10.8. The molecular formula is C30H30N4O8S3. The van der Waals surface area contributed by atoms with Crippen molar-refractivity contribution >= 4 is 64.4 Å². The van der Waals surface area contributed by atoms with E-state index in [1.165, 1.54) is 52.3 Å². The fraction of sp³-hybridized carbons (Fsp3) is 0.333. The van der Waals surface area contributed by atoms with Crippen molar-refractivity contribution in [3.63, 3.8) is 0 Å². The van der Waals surface area contributed by atoms with Gasteiger partial charge in [-0.15, -0.1) is 34.9 Å². The molecule has 1 unspecified atom stereocenters. The highest BCUT2D eigenvalue weighted by molar-refractivity contribution is 8.05. The fourth-order valence-corrected chi connectivity index (χ4v) is 8.75. The number of hydrogen-bond donors (Lipinski definition) is 2. The Morgan fingerprint density at radius 3 is 2.31 bits per heavy atom. The second kappa shape index (κ2) is 13.1. The van der Waals surface area contributed by atoms with Crippen LogP contribution < -0.4 is 10.6 Å². The highest BCUT2D eigenvalue weighted by Crippen LogP contribution is 2.58. The Kier molecular flexibility index (Phi) is 9.41. The predicted octanol–water partition coefficient (Wildman–Crippen LogP) is 4.61. The number of alkyl carbamates (subject to hydrolysis) is 1. The third kappa shape index (κ3) is 6.51. The minimum atomic E-state index is -1.38. The molecule has 2 aromatic carbocycles. The number of non-ortho nitro benzene ring substituents is 1. The van der Waals surface area contributed by atoms with Crippen LogP contribution in [0.1, 0.15) is 35.9 Å². The molecule has 5 rings (SSSR count). The van der Waals surface area contributed by atoms with E-state index < -0.39 is 55.9 Å². The van der Waals surface area contributed by atoms with Crippen molar-refractivity contribution in [2.75, 3.05) is 6.26 Å². The first-order valence-corrected chi connectivity index (χ1v) is 16.7. The fourth-order valence-electron chi connectivity index (χ4n) is 5.17. The largest absolute Gasteiger partial charge is 0.459 e. The number of β-lactam (4-membered cyclic amide) rings is 1. The smallest absolute Gasteiger partial charge is 0.408 e. The van der Waals surface area contributed by atoms with Crippen LogP contribution >= 0.6 is 34.9 Å². The summed E-state index contributed by atoms with van der Waals surface area (Å²) in [4.78, 5) is 64.6. The van der Waals surface area contributed by atoms with Gasteiger partial charge in [0.2, 0.25) is 5.91 Å². The average molecular weight is 671 g/mol. The van der Waals surface area contributed by atoms with Crippen molar-refractivity contribution in [1.82, 2.24) is 15.5 Å². The number of nitrogens with zero attached hydrogens (tertiary/aromatic N) is 2. The van der Waals surface area contributed by atoms with Gasteiger partial charge >= 0.3 is 12.1 Å². The molecule has 4 atom stereocenters. The molecule has 0 saturated carbocycles. The van der Waals surface area contributed by atoms with Gasteiger partial charge in [-0.05, 0) is 54.8 Å². The van der Waals surface area contributed by atoms with Gasteiger partial charge in [0.1, 0.15) is 30.7 Å². The number of carbonyl (C=O) groups is 4. The average Bonchev–Trinajstić information content (AvgIpc) is 3.65. The number of amides is 3. The van der Waals surface area contributed by atoms with E-state index in [0.717, 1.165) is 17.3 Å². The first-order chi connectivity index (χ1) is 21.5. The van der Waals surface area contributed by atoms with Gasteiger partial charge in [-0.2, -0.15) is 0 Å². The maximum atomic E-state index is 13.8. The normalized spacial score (nSPS) is 22.0. The predicted molar refractivity (Wildman–Crippen MR) is 170 cm³/mol. The molecule has 45 heavy (non-hydrogen) atoms. The Morgan fingerprint density at radius 1 is 1.02 bits per heavy atom. The number of hydrogen-bond acceptors (Lipinski definition) is 11. The molecule has 0 aliphatic carbocycles. The quantitative estimate of drug-likeness (QED) is 0.0971. The lowest BCUT2D eigenvalue weighted by Gasteiger charge is -2.52. The van der Waals surface area contributed by atoms with Gasteiger partial charge < -0.3 is 25.0 Å². The van der Waals surface area contributed by atoms with Gasteiger partial charge in [0.05, 0.1) is 4.92 Å². The van der Waals surface area contributed by atoms with E-state index in [1.54, 1.807) is 23.8 Å². The summed E-state index contributed by atoms with van der Waals surface area (Å²) in [6.07, 6.45) is 0.815. The molecule has 12 nitrogen and oxygen atoms in total. The summed E-state index contributed by atoms with van der Waals surface area (Å²) in [5.74, 6) is -1.58. The van der Waals surface area contributed by atoms with Crippen LogP contribution in [-0.2, 0) is 37.1 Å². The standard InChI is InChI=1S/C30H30N4O8S3/c1-29(2)23(25(36)41-16-18-8-5-4-6-9-18)33-26(37)30(43-3,27(33)45-29)32-24(35)22(21-10-7-15-44-21)31-28(38)42-17-19-11-13-20(14-12-19)34(39)40/h4-15,22-23,27H,16-17H2,1-3H3,(H,31,38)(H,32,35)/t22?,23-,27+,30-/m0/s1. The number of esters is 1. The Balaban J connectivity index is 1.27. The molecule has 0 spiro atoms. The van der Waals surface area contributed by atoms with Crippen molar-refractivity contribution in [2.45, 2.75) is 54.1 Å². The summed E-state index contributed by atoms with van der Waals surface area (Å²) in [6, 6.07) is 16.2. The zero-order valence-electron chi connectivity index (χ0n) is 24.5. The minimum Gasteiger partial charge on any atom is -0.459 e. The summed E-state index contributed by atoms with van der Waals surface area (Å²) in [5, 5.41) is 17.5. The van der Waals surface area contributed by atoms with Gasteiger partial charge in [0.25, 0.3) is 11.6 Å². The maximum absolute atomic E-state index is 13.8. The van der Waals surface area contributed by atoms with Crippen LogP contribution in [0.15, 0.2) is 72.1 Å². The van der Waals surface area contributed by atoms with E-state index in [-0.39, 0.29) is 18.9 Å². The van der Waals surface area contributed by atoms with E-state index in [1.807, 2.05) is 44.2 Å². The molecule has 3 amide bonds. The van der Waals surface area contributed by atoms with E-state index in [4.69, 9.17) is 9.47 Å². The van der Waals surface area contributed by atoms with Crippen molar-refractivity contribution in [2.24, 2.45) is 0 Å². The highest BCUT2D eigenvalue weighted by Gasteiger charge is 2.72. The van der Waals surface area contributed by atoms with Gasteiger partial charge in [-0.3, -0.25) is 19.7 Å². The van der Waals surface area contributed by atoms with Gasteiger partial charge in [-0.1, -0.05) is 36.4 Å². The highest BCUT2D eigenvalue weighted by atomic mass is 32.2. The number of benzene rings is 2. The summed E-state index contributed by atoms with van der Waals surface area (Å²) < 4.78 is 10.2. The third-order valence-corrected chi connectivity index (χ3v) is 11.3. The van der Waals surface area contributed by atoms with Crippen LogP contribution in [0.3, 0.4) is 0 Å². The molecule has 2 aliphatic heterocycles. The van der Waals surface area contributed by atoms with E-state index >= 15 is 0 Å². The summed E-state index contributed by atoms with van der Waals surface area (Å²) in [7, 11) is 0. The van der Waals surface area contributed by atoms with E-state index in [9.17, 15) is 29.3 Å². The molecule has 2 saturated heterocycles. The number of rotatable bonds is 11. The molecule has 2 N–H and O–H groups in total. The molecule has 236 valence electrons. The Morgan fingerprint density at radius 2 is 1.69 bits per heavy atom. The second-order valence-corrected chi connectivity index (χ2v) is 14.6. The third-order valence-electron chi connectivity index (χ3n) is 7.45. The van der Waals surface area contributed by atoms with Crippen LogP contribution in [0.25, 0.3) is 0 Å². The molecule has 15 heteroatoms. The van der Waals surface area contributed by atoms with Crippen molar-refractivity contribution < 1.29 is 33.6 Å². The van der Waals surface area contributed by atoms with E-state index in [2.05, 4.69) is 10.6 Å². The summed E-state index contributed by atoms with van der Waals surface area (Å²) >= 11 is 3.80. The number of fused-ring (bicyclic) bond motifs is 1. The lowest BCUT2D eigenvalue weighted by Crippen LogP contribution is -2.78. The first-order valence-electron chi connectivity index (χ1n) is 13.7. The molecular weight excluding hydrogens is 641 g/mol. The molecule has 2 aliphatic rings. The van der Waals surface area contributed by atoms with Gasteiger partial charge in [0, 0.05) is 21.8 Å². The van der Waals surface area contributed by atoms with Crippen LogP contribution in [0, 0.1) is 10.1 Å². The van der Waals surface area contributed by atoms with E-state index in [0.29, 0.717) is 10.4 Å². The number of thioether (sulfide) groups is 2. The number of nitro groups is 1. The monoisotopic (exact) mass is 670 g/mol. The topological polar surface area (TPSA) is 157 Å².